The van der Waals surface area contributed by atoms with Gasteiger partial charge < -0.3 is 19.8 Å². The molecule has 1 fully saturated rings. The van der Waals surface area contributed by atoms with E-state index in [4.69, 9.17) is 5.11 Å². The molecule has 9 heteroatoms. The zero-order chi connectivity index (χ0) is 17.3. The van der Waals surface area contributed by atoms with Gasteiger partial charge in [0.05, 0.1) is 5.56 Å². The maximum atomic E-state index is 12.4. The second-order valence-corrected chi connectivity index (χ2v) is 5.17. The lowest BCUT2D eigenvalue weighted by Gasteiger charge is -2.35. The summed E-state index contributed by atoms with van der Waals surface area (Å²) >= 11 is 0. The molecule has 1 aromatic carbocycles. The first-order valence-electron chi connectivity index (χ1n) is 6.72. The van der Waals surface area contributed by atoms with Gasteiger partial charge in [-0.15, -0.1) is 13.2 Å². The molecule has 1 saturated heterocycles. The predicted molar refractivity (Wildman–Crippen MR) is 70.8 cm³/mol. The second-order valence-electron chi connectivity index (χ2n) is 5.17. The van der Waals surface area contributed by atoms with Crippen molar-refractivity contribution in [2.45, 2.75) is 24.8 Å². The highest BCUT2D eigenvalue weighted by atomic mass is 19.4. The van der Waals surface area contributed by atoms with E-state index in [1.807, 2.05) is 0 Å². The number of aliphatic hydroxyl groups is 1. The highest BCUT2D eigenvalue weighted by Crippen LogP contribution is 2.29. The summed E-state index contributed by atoms with van der Waals surface area (Å²) in [6, 6.07) is 4.92. The molecule has 1 amide bonds. The number of halogens is 3. The summed E-state index contributed by atoms with van der Waals surface area (Å²) in [4.78, 5) is 24.5. The molecule has 1 aliphatic rings. The first kappa shape index (κ1) is 17.1. The average Bonchev–Trinajstić information content (AvgIpc) is 2.46. The molecule has 0 saturated carbocycles. The molecule has 0 atom stereocenters. The van der Waals surface area contributed by atoms with Crippen LogP contribution in [0.1, 0.15) is 23.2 Å². The Morgan fingerprint density at radius 2 is 1.74 bits per heavy atom. The first-order chi connectivity index (χ1) is 10.6. The molecule has 1 heterocycles. The molecule has 0 bridgehead atoms. The number of carboxylic acids is 1. The van der Waals surface area contributed by atoms with E-state index in [1.165, 1.54) is 23.1 Å². The normalized spacial score (nSPS) is 17.7. The average molecular weight is 333 g/mol. The number of ether oxygens (including phenoxy) is 1. The molecule has 6 nitrogen and oxygen atoms in total. The Labute approximate surface area is 129 Å². The van der Waals surface area contributed by atoms with Gasteiger partial charge in [-0.2, -0.15) is 0 Å². The lowest BCUT2D eigenvalue weighted by molar-refractivity contribution is -0.274. The second kappa shape index (κ2) is 6.07. The zero-order valence-corrected chi connectivity index (χ0v) is 11.8. The van der Waals surface area contributed by atoms with Crippen LogP contribution in [0.5, 0.6) is 5.75 Å². The fourth-order valence-corrected chi connectivity index (χ4v) is 2.32. The smallest absolute Gasteiger partial charge is 0.479 e. The summed E-state index contributed by atoms with van der Waals surface area (Å²) in [6.45, 7) is -0.163. The summed E-state index contributed by atoms with van der Waals surface area (Å²) in [7, 11) is 0. The lowest BCUT2D eigenvalue weighted by atomic mass is 9.91. The number of benzene rings is 1. The number of amides is 1. The number of aliphatic carboxylic acids is 1. The predicted octanol–water partition coefficient (Wildman–Crippen LogP) is 1.64. The quantitative estimate of drug-likeness (QED) is 0.878. The first-order valence-corrected chi connectivity index (χ1v) is 6.72. The van der Waals surface area contributed by atoms with Gasteiger partial charge in [-0.3, -0.25) is 4.79 Å². The van der Waals surface area contributed by atoms with E-state index in [1.54, 1.807) is 0 Å². The number of alkyl halides is 3. The number of hydrogen-bond donors (Lipinski definition) is 2. The van der Waals surface area contributed by atoms with Gasteiger partial charge in [0.15, 0.2) is 5.60 Å². The van der Waals surface area contributed by atoms with Gasteiger partial charge in [0, 0.05) is 25.9 Å². The number of hydrogen-bond acceptors (Lipinski definition) is 4. The Morgan fingerprint density at radius 3 is 2.26 bits per heavy atom. The summed E-state index contributed by atoms with van der Waals surface area (Å²) in [5, 5.41) is 18.7. The molecular formula is C14H14F3NO5. The standard InChI is InChI=1S/C14H14F3NO5/c15-14(16,17)23-10-4-2-1-3-9(10)11(19)18-7-5-13(22,6-8-18)12(20)21/h1-4,22H,5-8H2,(H,20,21). The Kier molecular flexibility index (Phi) is 4.51. The van der Waals surface area contributed by atoms with Crippen molar-refractivity contribution >= 4 is 11.9 Å². The van der Waals surface area contributed by atoms with E-state index in [0.717, 1.165) is 6.07 Å². The minimum absolute atomic E-state index is 0.0814. The number of likely N-dealkylation sites (tertiary alicyclic amines) is 1. The van der Waals surface area contributed by atoms with Gasteiger partial charge in [0.2, 0.25) is 0 Å². The minimum Gasteiger partial charge on any atom is -0.479 e. The number of carbonyl (C=O) groups is 2. The Balaban J connectivity index is 2.15. The van der Waals surface area contributed by atoms with Crippen LogP contribution in [0.2, 0.25) is 0 Å². The van der Waals surface area contributed by atoms with Crippen molar-refractivity contribution in [2.75, 3.05) is 13.1 Å². The number of piperidine rings is 1. The molecule has 1 aliphatic heterocycles. The van der Waals surface area contributed by atoms with E-state index in [-0.39, 0.29) is 31.5 Å². The molecule has 23 heavy (non-hydrogen) atoms. The Bertz CT molecular complexity index is 609. The number of carboxylic acid groups (broad SMARTS) is 1. The Morgan fingerprint density at radius 1 is 1.17 bits per heavy atom. The molecular weight excluding hydrogens is 319 g/mol. The van der Waals surface area contributed by atoms with E-state index in [0.29, 0.717) is 0 Å². The van der Waals surface area contributed by atoms with Crippen LogP contribution in [-0.2, 0) is 4.79 Å². The summed E-state index contributed by atoms with van der Waals surface area (Å²) in [5.41, 5.74) is -2.19. The molecule has 2 rings (SSSR count). The van der Waals surface area contributed by atoms with E-state index in [2.05, 4.69) is 4.74 Å². The molecule has 126 valence electrons. The highest BCUT2D eigenvalue weighted by molar-refractivity contribution is 5.97. The number of carbonyl (C=O) groups excluding carboxylic acids is 1. The molecule has 2 N–H and O–H groups in total. The molecule has 1 aromatic rings. The van der Waals surface area contributed by atoms with Gasteiger partial charge in [-0.25, -0.2) is 4.79 Å². The van der Waals surface area contributed by atoms with Crippen LogP contribution in [0.3, 0.4) is 0 Å². The maximum absolute atomic E-state index is 12.4. The van der Waals surface area contributed by atoms with Crippen LogP contribution < -0.4 is 4.74 Å². The molecule has 0 radical (unpaired) electrons. The van der Waals surface area contributed by atoms with E-state index >= 15 is 0 Å². The van der Waals surface area contributed by atoms with Crippen LogP contribution >= 0.6 is 0 Å². The zero-order valence-electron chi connectivity index (χ0n) is 11.8. The highest BCUT2D eigenvalue weighted by Gasteiger charge is 2.41. The topological polar surface area (TPSA) is 87.1 Å². The van der Waals surface area contributed by atoms with Crippen molar-refractivity contribution in [3.05, 3.63) is 29.8 Å². The van der Waals surface area contributed by atoms with Crippen molar-refractivity contribution in [2.24, 2.45) is 0 Å². The number of nitrogens with zero attached hydrogens (tertiary/aromatic N) is 1. The SMILES string of the molecule is O=C(c1ccccc1OC(F)(F)F)N1CCC(O)(C(=O)O)CC1. The third kappa shape index (κ3) is 3.92. The van der Waals surface area contributed by atoms with Crippen LogP contribution in [0.15, 0.2) is 24.3 Å². The van der Waals surface area contributed by atoms with Crippen LogP contribution in [-0.4, -0.2) is 52.0 Å². The van der Waals surface area contributed by atoms with Crippen molar-refractivity contribution in [1.29, 1.82) is 0 Å². The maximum Gasteiger partial charge on any atom is 0.573 e. The van der Waals surface area contributed by atoms with E-state index < -0.39 is 29.6 Å². The lowest BCUT2D eigenvalue weighted by Crippen LogP contribution is -2.50. The summed E-state index contributed by atoms with van der Waals surface area (Å²) in [5.74, 6) is -2.72. The largest absolute Gasteiger partial charge is 0.573 e. The fraction of sp³-hybridized carbons (Fsp3) is 0.429. The number of para-hydroxylation sites is 1. The molecule has 0 aromatic heterocycles. The monoisotopic (exact) mass is 333 g/mol. The number of rotatable bonds is 3. The van der Waals surface area contributed by atoms with Gasteiger partial charge in [-0.05, 0) is 12.1 Å². The van der Waals surface area contributed by atoms with Crippen molar-refractivity contribution in [3.63, 3.8) is 0 Å². The van der Waals surface area contributed by atoms with E-state index in [9.17, 15) is 27.9 Å². The van der Waals surface area contributed by atoms with Gasteiger partial charge in [0.1, 0.15) is 5.75 Å². The fourth-order valence-electron chi connectivity index (χ4n) is 2.32. The van der Waals surface area contributed by atoms with Gasteiger partial charge in [0.25, 0.3) is 5.91 Å². The third-order valence-corrected chi connectivity index (χ3v) is 3.62. The Hall–Kier alpha value is -2.29. The van der Waals surface area contributed by atoms with Crippen molar-refractivity contribution in [1.82, 2.24) is 4.90 Å². The van der Waals surface area contributed by atoms with Crippen molar-refractivity contribution in [3.8, 4) is 5.75 Å². The van der Waals surface area contributed by atoms with Crippen molar-refractivity contribution < 1.29 is 37.7 Å². The minimum atomic E-state index is -4.93. The molecule has 0 spiro atoms. The van der Waals surface area contributed by atoms with Gasteiger partial charge >= 0.3 is 12.3 Å². The molecule has 0 unspecified atom stereocenters. The summed E-state index contributed by atoms with van der Waals surface area (Å²) < 4.78 is 40.9. The summed E-state index contributed by atoms with van der Waals surface area (Å²) in [6.07, 6.45) is -5.32. The van der Waals surface area contributed by atoms with Gasteiger partial charge in [-0.1, -0.05) is 12.1 Å². The van der Waals surface area contributed by atoms with Crippen LogP contribution in [0, 0.1) is 0 Å². The van der Waals surface area contributed by atoms with Crippen LogP contribution in [0.25, 0.3) is 0 Å². The molecule has 0 aliphatic carbocycles. The van der Waals surface area contributed by atoms with Crippen LogP contribution in [0.4, 0.5) is 13.2 Å². The third-order valence-electron chi connectivity index (χ3n) is 3.62.